The van der Waals surface area contributed by atoms with E-state index in [4.69, 9.17) is 0 Å². The third kappa shape index (κ3) is 6.65. The Morgan fingerprint density at radius 1 is 0.935 bits per heavy atom. The van der Waals surface area contributed by atoms with Gasteiger partial charge in [0.1, 0.15) is 6.04 Å². The number of rotatable bonds is 10. The monoisotopic (exact) mass is 419 g/mol. The first-order valence-corrected chi connectivity index (χ1v) is 10.2. The number of benzene rings is 3. The molecule has 3 rings (SSSR count). The summed E-state index contributed by atoms with van der Waals surface area (Å²) < 4.78 is 0. The highest BCUT2D eigenvalue weighted by atomic mass is 16.6. The van der Waals surface area contributed by atoms with Crippen LogP contribution in [0, 0.1) is 17.0 Å². The lowest BCUT2D eigenvalue weighted by molar-refractivity contribution is -0.676. The second-order valence-electron chi connectivity index (χ2n) is 7.32. The van der Waals surface area contributed by atoms with Crippen LogP contribution in [-0.2, 0) is 4.79 Å². The highest BCUT2D eigenvalue weighted by Gasteiger charge is 2.18. The smallest absolute Gasteiger partial charge is 0.275 e. The Labute approximate surface area is 181 Å². The summed E-state index contributed by atoms with van der Waals surface area (Å²) in [5, 5.41) is 18.8. The summed E-state index contributed by atoms with van der Waals surface area (Å²) in [6.45, 7) is 3.36. The molecule has 0 spiro atoms. The molecule has 0 unspecified atom stereocenters. The quantitative estimate of drug-likeness (QED) is 0.267. The number of carbonyl (C=O) groups excluding carboxylic acids is 1. The van der Waals surface area contributed by atoms with Gasteiger partial charge >= 0.3 is 0 Å². The summed E-state index contributed by atoms with van der Waals surface area (Å²) in [4.78, 5) is 22.6. The number of quaternary nitrogens is 1. The van der Waals surface area contributed by atoms with Crippen molar-refractivity contribution < 1.29 is 15.0 Å². The second kappa shape index (κ2) is 10.9. The predicted molar refractivity (Wildman–Crippen MR) is 121 cm³/mol. The van der Waals surface area contributed by atoms with Crippen molar-refractivity contribution in [2.75, 3.05) is 25.0 Å². The zero-order valence-corrected chi connectivity index (χ0v) is 17.5. The molecule has 0 saturated carbocycles. The molecule has 0 aliphatic rings. The van der Waals surface area contributed by atoms with E-state index >= 15 is 0 Å². The average Bonchev–Trinajstić information content (AvgIpc) is 2.79. The topological polar surface area (TPSA) is 101 Å². The van der Waals surface area contributed by atoms with Gasteiger partial charge in [0.05, 0.1) is 4.92 Å². The minimum absolute atomic E-state index is 0.0430. The average molecular weight is 420 g/mol. The maximum atomic E-state index is 12.4. The van der Waals surface area contributed by atoms with Gasteiger partial charge in [0.2, 0.25) is 0 Å². The van der Waals surface area contributed by atoms with E-state index in [-0.39, 0.29) is 17.6 Å². The lowest BCUT2D eigenvalue weighted by Gasteiger charge is -2.17. The number of anilines is 1. The van der Waals surface area contributed by atoms with Crippen LogP contribution in [0.2, 0.25) is 0 Å². The van der Waals surface area contributed by atoms with Crippen molar-refractivity contribution in [2.24, 2.45) is 0 Å². The lowest BCUT2D eigenvalue weighted by Crippen LogP contribution is -2.87. The number of nitro groups is 1. The van der Waals surface area contributed by atoms with Crippen LogP contribution < -0.4 is 16.0 Å². The van der Waals surface area contributed by atoms with Gasteiger partial charge in [-0.3, -0.25) is 14.9 Å². The fraction of sp³-hybridized carbons (Fsp3) is 0.208. The zero-order valence-electron chi connectivity index (χ0n) is 17.5. The SMILES string of the molecule is Cc1ccc([C@H]([NH2+]CC(=O)NCCNc2ccc([N+](=O)[O-])cc2)c2ccccc2)cc1. The Morgan fingerprint density at radius 3 is 2.23 bits per heavy atom. The van der Waals surface area contributed by atoms with Crippen molar-refractivity contribution >= 4 is 17.3 Å². The van der Waals surface area contributed by atoms with E-state index in [9.17, 15) is 14.9 Å². The predicted octanol–water partition coefficient (Wildman–Crippen LogP) is 2.78. The van der Waals surface area contributed by atoms with Gasteiger partial charge in [0.25, 0.3) is 11.6 Å². The maximum Gasteiger partial charge on any atom is 0.275 e. The van der Waals surface area contributed by atoms with E-state index in [0.29, 0.717) is 19.6 Å². The first-order valence-electron chi connectivity index (χ1n) is 10.2. The van der Waals surface area contributed by atoms with Crippen LogP contribution in [0.25, 0.3) is 0 Å². The summed E-state index contributed by atoms with van der Waals surface area (Å²) in [7, 11) is 0. The van der Waals surface area contributed by atoms with Gasteiger partial charge in [0, 0.05) is 42.0 Å². The molecule has 1 atom stereocenters. The second-order valence-corrected chi connectivity index (χ2v) is 7.32. The van der Waals surface area contributed by atoms with Crippen molar-refractivity contribution in [2.45, 2.75) is 13.0 Å². The van der Waals surface area contributed by atoms with E-state index in [1.165, 1.54) is 17.7 Å². The molecular weight excluding hydrogens is 392 g/mol. The van der Waals surface area contributed by atoms with Crippen LogP contribution in [0.4, 0.5) is 11.4 Å². The molecule has 0 aliphatic carbocycles. The molecule has 7 heteroatoms. The molecule has 3 aromatic rings. The zero-order chi connectivity index (χ0) is 22.1. The summed E-state index contributed by atoms with van der Waals surface area (Å²) in [5.74, 6) is -0.0430. The van der Waals surface area contributed by atoms with Crippen molar-refractivity contribution in [3.05, 3.63) is 106 Å². The van der Waals surface area contributed by atoms with Crippen LogP contribution in [0.3, 0.4) is 0 Å². The van der Waals surface area contributed by atoms with Crippen LogP contribution in [-0.4, -0.2) is 30.5 Å². The molecule has 0 bridgehead atoms. The first-order chi connectivity index (χ1) is 15.0. The molecule has 7 nitrogen and oxygen atoms in total. The number of nitrogens with zero attached hydrogens (tertiary/aromatic N) is 1. The normalized spacial score (nSPS) is 11.5. The van der Waals surface area contributed by atoms with Crippen molar-refractivity contribution in [1.82, 2.24) is 5.32 Å². The molecule has 0 aromatic heterocycles. The van der Waals surface area contributed by atoms with Crippen LogP contribution >= 0.6 is 0 Å². The van der Waals surface area contributed by atoms with Crippen LogP contribution in [0.15, 0.2) is 78.9 Å². The number of nitrogens with one attached hydrogen (secondary N) is 2. The Hall–Kier alpha value is -3.71. The number of hydrogen-bond acceptors (Lipinski definition) is 4. The third-order valence-corrected chi connectivity index (χ3v) is 4.99. The van der Waals surface area contributed by atoms with Gasteiger partial charge in [-0.2, -0.15) is 0 Å². The van der Waals surface area contributed by atoms with E-state index in [0.717, 1.165) is 16.8 Å². The van der Waals surface area contributed by atoms with Gasteiger partial charge in [-0.05, 0) is 19.1 Å². The van der Waals surface area contributed by atoms with Gasteiger partial charge in [-0.1, -0.05) is 60.2 Å². The van der Waals surface area contributed by atoms with E-state index in [1.54, 1.807) is 12.1 Å². The molecule has 0 fully saturated rings. The lowest BCUT2D eigenvalue weighted by atomic mass is 9.98. The third-order valence-electron chi connectivity index (χ3n) is 4.99. The number of non-ortho nitro benzene ring substituents is 1. The van der Waals surface area contributed by atoms with Gasteiger partial charge in [-0.15, -0.1) is 0 Å². The summed E-state index contributed by atoms with van der Waals surface area (Å²) in [5.41, 5.74) is 4.34. The molecular formula is C24H27N4O3+. The molecule has 3 aromatic carbocycles. The Bertz CT molecular complexity index is 990. The van der Waals surface area contributed by atoms with Crippen molar-refractivity contribution in [3.8, 4) is 0 Å². The summed E-state index contributed by atoms with van der Waals surface area (Å²) >= 11 is 0. The molecule has 31 heavy (non-hydrogen) atoms. The van der Waals surface area contributed by atoms with E-state index in [1.807, 2.05) is 23.5 Å². The molecule has 1 amide bonds. The highest BCUT2D eigenvalue weighted by Crippen LogP contribution is 2.18. The Morgan fingerprint density at radius 2 is 1.58 bits per heavy atom. The molecule has 0 aliphatic heterocycles. The summed E-state index contributed by atoms with van der Waals surface area (Å²) in [6.07, 6.45) is 0. The standard InChI is InChI=1S/C24H26N4O3/c1-18-7-9-20(10-8-18)24(19-5-3-2-4-6-19)27-17-23(29)26-16-15-25-21-11-13-22(14-12-21)28(30)31/h2-14,24-25,27H,15-17H2,1H3,(H,26,29)/p+1/t24-/m1/s1. The fourth-order valence-corrected chi connectivity index (χ4v) is 3.31. The number of carbonyl (C=O) groups is 1. The van der Waals surface area contributed by atoms with Gasteiger partial charge < -0.3 is 16.0 Å². The van der Waals surface area contributed by atoms with Crippen molar-refractivity contribution in [3.63, 3.8) is 0 Å². The largest absolute Gasteiger partial charge is 0.383 e. The number of nitro benzene ring substituents is 1. The molecule has 0 radical (unpaired) electrons. The molecule has 0 saturated heterocycles. The molecule has 0 heterocycles. The molecule has 4 N–H and O–H groups in total. The summed E-state index contributed by atoms with van der Waals surface area (Å²) in [6, 6.07) is 24.8. The Kier molecular flexibility index (Phi) is 7.73. The van der Waals surface area contributed by atoms with Gasteiger partial charge in [-0.25, -0.2) is 0 Å². The van der Waals surface area contributed by atoms with Gasteiger partial charge in [0.15, 0.2) is 6.54 Å². The molecule has 160 valence electrons. The van der Waals surface area contributed by atoms with E-state index in [2.05, 4.69) is 54.0 Å². The Balaban J connectivity index is 1.48. The van der Waals surface area contributed by atoms with Crippen LogP contribution in [0.1, 0.15) is 22.7 Å². The first kappa shape index (κ1) is 22.0. The van der Waals surface area contributed by atoms with Crippen LogP contribution in [0.5, 0.6) is 0 Å². The highest BCUT2D eigenvalue weighted by molar-refractivity contribution is 5.76. The fourth-order valence-electron chi connectivity index (χ4n) is 3.31. The minimum atomic E-state index is -0.431. The minimum Gasteiger partial charge on any atom is -0.383 e. The number of amides is 1. The van der Waals surface area contributed by atoms with E-state index < -0.39 is 4.92 Å². The number of aryl methyl sites for hydroxylation is 1. The number of hydrogen-bond donors (Lipinski definition) is 3. The van der Waals surface area contributed by atoms with Crippen molar-refractivity contribution in [1.29, 1.82) is 0 Å². The maximum absolute atomic E-state index is 12.4. The number of nitrogens with two attached hydrogens (primary N) is 1.